The number of halogens is 3. The van der Waals surface area contributed by atoms with E-state index in [1.54, 1.807) is 50.5 Å². The molecule has 3 amide bonds. The van der Waals surface area contributed by atoms with Crippen molar-refractivity contribution in [2.75, 3.05) is 76.6 Å². The first-order chi connectivity index (χ1) is 51.7. The maximum absolute atomic E-state index is 14.9. The van der Waals surface area contributed by atoms with E-state index in [0.717, 1.165) is 92.6 Å². The van der Waals surface area contributed by atoms with Gasteiger partial charge in [-0.05, 0) is 164 Å². The van der Waals surface area contributed by atoms with E-state index >= 15 is 0 Å². The number of aromatic nitrogens is 4. The average Bonchev–Trinajstić information content (AvgIpc) is 0.839. The molecule has 0 atom stereocenters. The van der Waals surface area contributed by atoms with Crippen LogP contribution in [0.25, 0.3) is 21.1 Å². The van der Waals surface area contributed by atoms with Gasteiger partial charge in [-0.15, -0.1) is 20.4 Å². The molecule has 6 heterocycles. The molecule has 0 saturated heterocycles. The topological polar surface area (TPSA) is 439 Å². The van der Waals surface area contributed by atoms with Gasteiger partial charge in [0, 0.05) is 86.7 Å². The van der Waals surface area contributed by atoms with Gasteiger partial charge in [-0.1, -0.05) is 52.5 Å². The molecule has 2 aromatic heterocycles. The molecule has 30 nitrogen and oxygen atoms in total. The number of thiocarbonyl (C=S) groups is 1. The number of hydrogen-bond donors (Lipinski definition) is 8. The summed E-state index contributed by atoms with van der Waals surface area (Å²) in [6.07, 6.45) is 1.39. The number of nitrogens with zero attached hydrogens (tertiary/aromatic N) is 7. The van der Waals surface area contributed by atoms with Gasteiger partial charge in [0.1, 0.15) is 92.1 Å². The first-order valence-electron chi connectivity index (χ1n) is 33.8. The molecule has 0 saturated carbocycles. The Bertz CT molecular complexity index is 4910. The fourth-order valence-electron chi connectivity index (χ4n) is 10.7. The summed E-state index contributed by atoms with van der Waals surface area (Å²) in [6, 6.07) is 26.7. The Labute approximate surface area is 656 Å². The van der Waals surface area contributed by atoms with Crippen LogP contribution in [0.3, 0.4) is 0 Å². The number of fused-ring (bicyclic) bond motifs is 4. The van der Waals surface area contributed by atoms with Crippen LogP contribution in [0, 0.1) is 11.6 Å². The Morgan fingerprint density at radius 3 is 1.42 bits per heavy atom. The molecule has 12 rings (SSSR count). The Kier molecular flexibility index (Phi) is 30.6. The van der Waals surface area contributed by atoms with Crippen molar-refractivity contribution in [2.24, 2.45) is 11.6 Å². The molecule has 0 fully saturated rings. The number of carboxylic acids is 2. The van der Waals surface area contributed by atoms with E-state index in [2.05, 4.69) is 65.8 Å². The number of nitrogens with two attached hydrogens (primary N) is 4. The number of aromatic carboxylic acids is 2. The number of carbonyl (C=O) groups is 5. The van der Waals surface area contributed by atoms with E-state index in [4.69, 9.17) is 55.8 Å². The second-order valence-corrected chi connectivity index (χ2v) is 33.7. The van der Waals surface area contributed by atoms with E-state index in [-0.39, 0.29) is 77.5 Å². The predicted molar refractivity (Wildman–Crippen MR) is 418 cm³/mol. The number of carboxylic acid groups (broad SMARTS) is 2. The third-order valence-corrected chi connectivity index (χ3v) is 20.2. The van der Waals surface area contributed by atoms with E-state index in [1.807, 2.05) is 74.7 Å². The van der Waals surface area contributed by atoms with Gasteiger partial charge in [-0.2, -0.15) is 0 Å². The normalized spacial score (nSPS) is 13.7. The summed E-state index contributed by atoms with van der Waals surface area (Å²) in [7, 11) is -7.42. The summed E-state index contributed by atoms with van der Waals surface area (Å²) in [5.74, 6) is 3.17. The number of nitrogens with one attached hydrogen (secondary N) is 2. The first kappa shape index (κ1) is 87.3. The van der Waals surface area contributed by atoms with Crippen LogP contribution in [0.2, 0.25) is 0 Å². The molecule has 0 radical (unpaired) electrons. The Hall–Kier alpha value is -9.96. The fraction of sp³-hybridized carbons (Fsp3) is 0.361. The molecule has 4 aliphatic heterocycles. The highest BCUT2D eigenvalue weighted by molar-refractivity contribution is 9.10. The van der Waals surface area contributed by atoms with Crippen molar-refractivity contribution in [1.82, 2.24) is 45.8 Å². The molecule has 4 aliphatic rings. The van der Waals surface area contributed by atoms with Gasteiger partial charge in [0.2, 0.25) is 10.3 Å². The molecular weight excluding hydrogens is 1600 g/mol. The molecule has 592 valence electrons. The quantitative estimate of drug-likeness (QED) is 0.0378. The molecule has 6 aromatic carbocycles. The third kappa shape index (κ3) is 25.0. The minimum atomic E-state index is -3.75. The predicted octanol–water partition coefficient (Wildman–Crippen LogP) is 10.5. The number of sulfone groups is 2. The lowest BCUT2D eigenvalue weighted by molar-refractivity contribution is 0.0216. The standard InChI is InChI=1S/C21H21FN4O4S2.C15H19NO5.C14H18BrNO3.C11H12N4OS.C10H11FO4S.CH5N3S/c1-3-14-15(5-7-17(18(14)22)32(2,28)29)20(27)26-8-9-30-16-6-4-12(10-13(16)11-26)19-24-25-21(23)31-19;1-15(2,3)21-14(19)16-6-7-20-12-5-4-10(13(17)18)8-11(12)9-16;1-14(2,3)19-13(17)16-6-7-18-12-5-4-11(15)8-10(12)9-16;12-11-15-14-10(17-11)7-1-2-9-8(5-7)6-13-3-4-16-9;1-3-6-7(10(12)13)4-5-8(9(6)11)16(2,14)15;2-1(5)4-3/h4-7,10H,3,8-9,11H2,1-2H3,(H2,23,25);4-5,8H,6-7,9H2,1-3H3,(H,17,18);4-5,8H,6-7,9H2,1-3H3;1-2,5,13H,3-4,6H2,(H2,12,15);4-5H,3H2,1-2H3,(H,12,13);3H2,(H3,2,4,5). The van der Waals surface area contributed by atoms with Gasteiger partial charge in [0.25, 0.3) is 5.91 Å². The molecule has 0 spiro atoms. The lowest BCUT2D eigenvalue weighted by Crippen LogP contribution is -2.37. The second-order valence-electron chi connectivity index (χ2n) is 26.4. The van der Waals surface area contributed by atoms with Gasteiger partial charge in [-0.25, -0.2) is 50.6 Å². The fourth-order valence-corrected chi connectivity index (χ4v) is 13.9. The highest BCUT2D eigenvalue weighted by atomic mass is 79.9. The van der Waals surface area contributed by atoms with Gasteiger partial charge in [0.15, 0.2) is 24.8 Å². The number of benzene rings is 6. The number of anilines is 2. The summed E-state index contributed by atoms with van der Waals surface area (Å²) in [5.41, 5.74) is 22.5. The van der Waals surface area contributed by atoms with Gasteiger partial charge in [0.05, 0.1) is 43.9 Å². The van der Waals surface area contributed by atoms with E-state index < -0.39 is 70.3 Å². The van der Waals surface area contributed by atoms with Crippen molar-refractivity contribution in [3.63, 3.8) is 0 Å². The van der Waals surface area contributed by atoms with Crippen LogP contribution < -0.4 is 52.7 Å². The van der Waals surface area contributed by atoms with Crippen LogP contribution in [0.1, 0.15) is 120 Å². The molecule has 0 bridgehead atoms. The number of hydrogen-bond acceptors (Lipinski definition) is 26. The smallest absolute Gasteiger partial charge is 0.410 e. The summed E-state index contributed by atoms with van der Waals surface area (Å²) in [4.78, 5) is 63.2. The molecular formula is C72H86BrF2N13O17S5. The maximum atomic E-state index is 14.9. The van der Waals surface area contributed by atoms with Crippen LogP contribution in [0.15, 0.2) is 111 Å². The number of carbonyl (C=O) groups excluding carboxylic acids is 3. The van der Waals surface area contributed by atoms with E-state index in [9.17, 15) is 49.6 Å². The average molecular weight is 1680 g/mol. The lowest BCUT2D eigenvalue weighted by Gasteiger charge is -2.26. The zero-order valence-electron chi connectivity index (χ0n) is 61.8. The van der Waals surface area contributed by atoms with E-state index in [0.29, 0.717) is 78.3 Å². The van der Waals surface area contributed by atoms with Crippen molar-refractivity contribution >= 4 is 116 Å². The summed E-state index contributed by atoms with van der Waals surface area (Å²) in [6.45, 7) is 20.0. The molecule has 0 unspecified atom stereocenters. The zero-order chi connectivity index (χ0) is 81.2. The second kappa shape index (κ2) is 38.6. The summed E-state index contributed by atoms with van der Waals surface area (Å²) < 4.78 is 109. The van der Waals surface area contributed by atoms with Crippen LogP contribution in [0.4, 0.5) is 28.6 Å². The lowest BCUT2D eigenvalue weighted by atomic mass is 10.0. The number of ether oxygens (including phenoxy) is 6. The minimum Gasteiger partial charge on any atom is -0.492 e. The van der Waals surface area contributed by atoms with Crippen molar-refractivity contribution in [1.29, 1.82) is 0 Å². The van der Waals surface area contributed by atoms with Gasteiger partial charge >= 0.3 is 24.1 Å². The first-order valence-corrected chi connectivity index (χ1v) is 40.4. The van der Waals surface area contributed by atoms with Crippen molar-refractivity contribution in [2.45, 2.75) is 115 Å². The van der Waals surface area contributed by atoms with Crippen molar-refractivity contribution in [3.05, 3.63) is 163 Å². The number of nitrogen functional groups attached to an aromatic ring is 2. The summed E-state index contributed by atoms with van der Waals surface area (Å²) in [5, 5.41) is 39.3. The van der Waals surface area contributed by atoms with Crippen LogP contribution >= 0.6 is 50.8 Å². The van der Waals surface area contributed by atoms with E-state index in [1.165, 1.54) is 45.8 Å². The number of rotatable bonds is 9. The molecule has 12 N–H and O–H groups in total. The Morgan fingerprint density at radius 2 is 0.991 bits per heavy atom. The molecule has 38 heteroatoms. The van der Waals surface area contributed by atoms with Crippen molar-refractivity contribution < 1.29 is 88.2 Å². The van der Waals surface area contributed by atoms with Crippen LogP contribution in [0.5, 0.6) is 23.0 Å². The largest absolute Gasteiger partial charge is 0.492 e. The summed E-state index contributed by atoms with van der Waals surface area (Å²) >= 11 is 10.3. The Morgan fingerprint density at radius 1 is 0.591 bits per heavy atom. The Balaban J connectivity index is 0.000000193. The van der Waals surface area contributed by atoms with Crippen molar-refractivity contribution in [3.8, 4) is 44.1 Å². The van der Waals surface area contributed by atoms with Crippen LogP contribution in [-0.4, -0.2) is 174 Å². The minimum absolute atomic E-state index is 0.0846. The van der Waals surface area contributed by atoms with Crippen LogP contribution in [-0.2, 0) is 68.2 Å². The highest BCUT2D eigenvalue weighted by Crippen LogP contribution is 2.35. The highest BCUT2D eigenvalue weighted by Gasteiger charge is 2.31. The monoisotopic (exact) mass is 1680 g/mol. The van der Waals surface area contributed by atoms with Gasteiger partial charge in [-0.3, -0.25) is 4.79 Å². The van der Waals surface area contributed by atoms with Gasteiger partial charge < -0.3 is 81.3 Å². The molecule has 0 aliphatic carbocycles. The number of hydrazine groups is 1. The third-order valence-electron chi connectivity index (χ3n) is 15.7. The zero-order valence-corrected chi connectivity index (χ0v) is 67.4. The maximum Gasteiger partial charge on any atom is 0.410 e. The SMILES string of the molecule is CC(C)(C)OC(=O)N1CCOc2ccc(Br)cc2C1.CC(C)(C)OC(=O)N1CCOc2ccc(C(=O)O)cc2C1.CCc1c(C(=O)N2CCOc3ccc(-c4nnc(N)s4)cc3C2)ccc(S(C)(=O)=O)c1F.CCc1c(C(=O)O)ccc(S(C)(=O)=O)c1F.NNC(N)=S.Nc1nnc(-c2ccc3c(c2)CNCCO3)s1. The molecule has 110 heavy (non-hydrogen) atoms. The molecule has 8 aromatic rings. The number of amides is 3.